The SMILES string of the molecule is NC(=S)CCCCN1CCN(c2ccccc2F)CC1. The molecule has 1 saturated heterocycles. The Hall–Kier alpha value is -1.20. The molecule has 5 heteroatoms. The lowest BCUT2D eigenvalue weighted by Crippen LogP contribution is -2.46. The van der Waals surface area contributed by atoms with Crippen molar-refractivity contribution in [2.75, 3.05) is 37.6 Å². The molecule has 0 unspecified atom stereocenters. The van der Waals surface area contributed by atoms with Gasteiger partial charge in [0.1, 0.15) is 5.82 Å². The second-order valence-electron chi connectivity index (χ2n) is 5.20. The number of thiocarbonyl (C=S) groups is 1. The number of rotatable bonds is 6. The maximum absolute atomic E-state index is 13.7. The fourth-order valence-electron chi connectivity index (χ4n) is 2.56. The second kappa shape index (κ2) is 7.55. The van der Waals surface area contributed by atoms with Gasteiger partial charge in [0.15, 0.2) is 0 Å². The number of para-hydroxylation sites is 1. The zero-order chi connectivity index (χ0) is 14.4. The van der Waals surface area contributed by atoms with Crippen molar-refractivity contribution in [3.8, 4) is 0 Å². The number of unbranched alkanes of at least 4 members (excludes halogenated alkanes) is 1. The minimum Gasteiger partial charge on any atom is -0.393 e. The summed E-state index contributed by atoms with van der Waals surface area (Å²) < 4.78 is 13.7. The number of nitrogens with zero attached hydrogens (tertiary/aromatic N) is 2. The van der Waals surface area contributed by atoms with Crippen LogP contribution in [0.15, 0.2) is 24.3 Å². The van der Waals surface area contributed by atoms with Crippen molar-refractivity contribution in [3.63, 3.8) is 0 Å². The molecule has 0 atom stereocenters. The normalized spacial score (nSPS) is 16.4. The van der Waals surface area contributed by atoms with Gasteiger partial charge in [0, 0.05) is 26.2 Å². The summed E-state index contributed by atoms with van der Waals surface area (Å²) in [5.41, 5.74) is 6.21. The van der Waals surface area contributed by atoms with E-state index in [0.717, 1.165) is 57.7 Å². The summed E-state index contributed by atoms with van der Waals surface area (Å²) in [7, 11) is 0. The third-order valence-corrected chi connectivity index (χ3v) is 3.92. The van der Waals surface area contributed by atoms with E-state index in [1.54, 1.807) is 6.07 Å². The molecule has 1 aromatic carbocycles. The first kappa shape index (κ1) is 15.2. The summed E-state index contributed by atoms with van der Waals surface area (Å²) in [6, 6.07) is 7.00. The Bertz CT molecular complexity index is 444. The molecule has 1 aliphatic rings. The molecule has 1 aromatic rings. The molecule has 0 spiro atoms. The average molecular weight is 295 g/mol. The third-order valence-electron chi connectivity index (χ3n) is 3.71. The molecule has 2 rings (SSSR count). The van der Waals surface area contributed by atoms with E-state index in [-0.39, 0.29) is 5.82 Å². The highest BCUT2D eigenvalue weighted by Crippen LogP contribution is 2.20. The number of anilines is 1. The lowest BCUT2D eigenvalue weighted by Gasteiger charge is -2.36. The Morgan fingerprint density at radius 2 is 1.85 bits per heavy atom. The van der Waals surface area contributed by atoms with E-state index < -0.39 is 0 Å². The maximum Gasteiger partial charge on any atom is 0.146 e. The lowest BCUT2D eigenvalue weighted by atomic mass is 10.2. The van der Waals surface area contributed by atoms with Crippen LogP contribution in [0.3, 0.4) is 0 Å². The van der Waals surface area contributed by atoms with Crippen molar-refractivity contribution in [1.82, 2.24) is 4.90 Å². The first-order valence-corrected chi connectivity index (χ1v) is 7.58. The molecule has 0 amide bonds. The quantitative estimate of drug-likeness (QED) is 0.645. The van der Waals surface area contributed by atoms with Crippen LogP contribution in [0.4, 0.5) is 10.1 Å². The van der Waals surface area contributed by atoms with Gasteiger partial charge in [-0.15, -0.1) is 0 Å². The maximum atomic E-state index is 13.7. The summed E-state index contributed by atoms with van der Waals surface area (Å²) in [5, 5.41) is 0. The highest BCUT2D eigenvalue weighted by Gasteiger charge is 2.18. The van der Waals surface area contributed by atoms with Gasteiger partial charge >= 0.3 is 0 Å². The van der Waals surface area contributed by atoms with Gasteiger partial charge in [-0.1, -0.05) is 24.4 Å². The Labute approximate surface area is 125 Å². The van der Waals surface area contributed by atoms with Crippen LogP contribution in [0.25, 0.3) is 0 Å². The fourth-order valence-corrected chi connectivity index (χ4v) is 2.70. The average Bonchev–Trinajstić information content (AvgIpc) is 2.45. The Morgan fingerprint density at radius 3 is 2.50 bits per heavy atom. The van der Waals surface area contributed by atoms with Gasteiger partial charge in [-0.05, 0) is 37.9 Å². The van der Waals surface area contributed by atoms with Crippen molar-refractivity contribution in [2.45, 2.75) is 19.3 Å². The zero-order valence-corrected chi connectivity index (χ0v) is 12.5. The van der Waals surface area contributed by atoms with E-state index in [0.29, 0.717) is 4.99 Å². The molecule has 1 heterocycles. The number of piperazine rings is 1. The van der Waals surface area contributed by atoms with Crippen LogP contribution in [0.2, 0.25) is 0 Å². The van der Waals surface area contributed by atoms with Gasteiger partial charge in [-0.25, -0.2) is 4.39 Å². The molecular weight excluding hydrogens is 273 g/mol. The fraction of sp³-hybridized carbons (Fsp3) is 0.533. The van der Waals surface area contributed by atoms with Crippen LogP contribution in [-0.4, -0.2) is 42.6 Å². The molecule has 0 radical (unpaired) electrons. The minimum absolute atomic E-state index is 0.127. The highest BCUT2D eigenvalue weighted by atomic mass is 32.1. The smallest absolute Gasteiger partial charge is 0.146 e. The van der Waals surface area contributed by atoms with Crippen LogP contribution in [-0.2, 0) is 0 Å². The van der Waals surface area contributed by atoms with E-state index in [2.05, 4.69) is 9.80 Å². The zero-order valence-electron chi connectivity index (χ0n) is 11.7. The van der Waals surface area contributed by atoms with E-state index >= 15 is 0 Å². The minimum atomic E-state index is -0.127. The molecule has 0 aromatic heterocycles. The number of benzene rings is 1. The summed E-state index contributed by atoms with van der Waals surface area (Å²) >= 11 is 4.87. The van der Waals surface area contributed by atoms with Gasteiger partial charge in [-0.3, -0.25) is 4.90 Å². The van der Waals surface area contributed by atoms with Crippen LogP contribution >= 0.6 is 12.2 Å². The van der Waals surface area contributed by atoms with Crippen molar-refractivity contribution >= 4 is 22.9 Å². The van der Waals surface area contributed by atoms with Gasteiger partial charge in [0.05, 0.1) is 10.7 Å². The lowest BCUT2D eigenvalue weighted by molar-refractivity contribution is 0.253. The van der Waals surface area contributed by atoms with E-state index in [1.165, 1.54) is 6.07 Å². The monoisotopic (exact) mass is 295 g/mol. The van der Waals surface area contributed by atoms with E-state index in [4.69, 9.17) is 18.0 Å². The topological polar surface area (TPSA) is 32.5 Å². The molecule has 110 valence electrons. The van der Waals surface area contributed by atoms with Crippen LogP contribution in [0.5, 0.6) is 0 Å². The van der Waals surface area contributed by atoms with Gasteiger partial charge in [0.25, 0.3) is 0 Å². The van der Waals surface area contributed by atoms with Gasteiger partial charge in [0.2, 0.25) is 0 Å². The summed E-state index contributed by atoms with van der Waals surface area (Å²) in [6.45, 7) is 4.82. The standard InChI is InChI=1S/C15H22FN3S/c16-13-5-1-2-6-14(13)19-11-9-18(10-12-19)8-4-3-7-15(17)20/h1-2,5-6H,3-4,7-12H2,(H2,17,20). The molecule has 1 fully saturated rings. The number of nitrogens with two attached hydrogens (primary N) is 1. The van der Waals surface area contributed by atoms with Crippen molar-refractivity contribution in [2.24, 2.45) is 5.73 Å². The van der Waals surface area contributed by atoms with E-state index in [1.807, 2.05) is 12.1 Å². The van der Waals surface area contributed by atoms with Gasteiger partial charge < -0.3 is 10.6 Å². The predicted molar refractivity (Wildman–Crippen MR) is 85.7 cm³/mol. The molecule has 3 nitrogen and oxygen atoms in total. The molecule has 0 bridgehead atoms. The third kappa shape index (κ3) is 4.42. The van der Waals surface area contributed by atoms with Crippen molar-refractivity contribution in [3.05, 3.63) is 30.1 Å². The molecule has 1 aliphatic heterocycles. The first-order chi connectivity index (χ1) is 9.66. The summed E-state index contributed by atoms with van der Waals surface area (Å²) in [6.07, 6.45) is 3.02. The molecule has 20 heavy (non-hydrogen) atoms. The Balaban J connectivity index is 1.73. The molecule has 2 N–H and O–H groups in total. The van der Waals surface area contributed by atoms with Crippen LogP contribution in [0, 0.1) is 5.82 Å². The predicted octanol–water partition coefficient (Wildman–Crippen LogP) is 2.40. The van der Waals surface area contributed by atoms with Crippen molar-refractivity contribution < 1.29 is 4.39 Å². The number of halogens is 1. The highest BCUT2D eigenvalue weighted by molar-refractivity contribution is 7.80. The van der Waals surface area contributed by atoms with Crippen molar-refractivity contribution in [1.29, 1.82) is 0 Å². The number of hydrogen-bond acceptors (Lipinski definition) is 3. The molecule has 0 aliphatic carbocycles. The summed E-state index contributed by atoms with van der Waals surface area (Å²) in [5.74, 6) is -0.127. The van der Waals surface area contributed by atoms with Gasteiger partial charge in [-0.2, -0.15) is 0 Å². The molecular formula is C15H22FN3S. The molecule has 0 saturated carbocycles. The largest absolute Gasteiger partial charge is 0.393 e. The Kier molecular flexibility index (Phi) is 5.73. The Morgan fingerprint density at radius 1 is 1.15 bits per heavy atom. The van der Waals surface area contributed by atoms with E-state index in [9.17, 15) is 4.39 Å². The number of hydrogen-bond donors (Lipinski definition) is 1. The summed E-state index contributed by atoms with van der Waals surface area (Å²) in [4.78, 5) is 5.16. The first-order valence-electron chi connectivity index (χ1n) is 7.17. The van der Waals surface area contributed by atoms with Crippen LogP contribution < -0.4 is 10.6 Å². The van der Waals surface area contributed by atoms with Crippen LogP contribution in [0.1, 0.15) is 19.3 Å². The second-order valence-corrected chi connectivity index (χ2v) is 5.73.